The van der Waals surface area contributed by atoms with E-state index in [1.807, 2.05) is 29.2 Å². The highest BCUT2D eigenvalue weighted by atomic mass is 16.5. The number of piperazine rings is 1. The maximum absolute atomic E-state index is 12.9. The van der Waals surface area contributed by atoms with Crippen molar-refractivity contribution in [1.29, 1.82) is 0 Å². The lowest BCUT2D eigenvalue weighted by Gasteiger charge is -2.34. The molecule has 1 unspecified atom stereocenters. The van der Waals surface area contributed by atoms with E-state index in [1.165, 1.54) is 11.3 Å². The fourth-order valence-electron chi connectivity index (χ4n) is 4.34. The van der Waals surface area contributed by atoms with Gasteiger partial charge >= 0.3 is 0 Å². The predicted molar refractivity (Wildman–Crippen MR) is 117 cm³/mol. The number of rotatable bonds is 5. The van der Waals surface area contributed by atoms with Crippen molar-refractivity contribution < 1.29 is 9.53 Å². The molecule has 2 aromatic rings. The van der Waals surface area contributed by atoms with Crippen molar-refractivity contribution in [3.8, 4) is 5.75 Å². The summed E-state index contributed by atoms with van der Waals surface area (Å²) in [5, 5.41) is 0. The number of hydrogen-bond donors (Lipinski definition) is 0. The van der Waals surface area contributed by atoms with Gasteiger partial charge in [0, 0.05) is 50.5 Å². The normalized spacial score (nSPS) is 20.1. The molecule has 2 heterocycles. The molecule has 1 atom stereocenters. The number of ether oxygens (including phenoxy) is 1. The molecule has 2 fully saturated rings. The molecular weight excluding hydrogens is 362 g/mol. The van der Waals surface area contributed by atoms with Gasteiger partial charge in [0.25, 0.3) is 5.91 Å². The second-order valence-electron chi connectivity index (χ2n) is 8.30. The van der Waals surface area contributed by atoms with Crippen molar-refractivity contribution >= 4 is 11.6 Å². The molecule has 5 heteroatoms. The molecule has 29 heavy (non-hydrogen) atoms. The van der Waals surface area contributed by atoms with E-state index in [9.17, 15) is 4.79 Å². The Labute approximate surface area is 173 Å². The minimum atomic E-state index is 0.159. The summed E-state index contributed by atoms with van der Waals surface area (Å²) in [6.45, 7) is 5.95. The number of nitrogens with zero attached hydrogens (tertiary/aromatic N) is 3. The molecule has 1 amide bonds. The molecule has 0 bridgehead atoms. The van der Waals surface area contributed by atoms with E-state index in [0.29, 0.717) is 5.92 Å². The van der Waals surface area contributed by atoms with Crippen LogP contribution in [0.2, 0.25) is 0 Å². The van der Waals surface area contributed by atoms with Gasteiger partial charge in [-0.15, -0.1) is 0 Å². The summed E-state index contributed by atoms with van der Waals surface area (Å²) in [5.41, 5.74) is 3.32. The van der Waals surface area contributed by atoms with Crippen molar-refractivity contribution in [2.75, 3.05) is 58.3 Å². The second kappa shape index (κ2) is 8.87. The lowest BCUT2D eigenvalue weighted by Crippen LogP contribution is -2.44. The van der Waals surface area contributed by atoms with E-state index in [2.05, 4.69) is 41.1 Å². The zero-order valence-electron chi connectivity index (χ0n) is 17.5. The quantitative estimate of drug-likeness (QED) is 0.782. The van der Waals surface area contributed by atoms with Crippen molar-refractivity contribution in [2.24, 2.45) is 5.92 Å². The number of amides is 1. The summed E-state index contributed by atoms with van der Waals surface area (Å²) in [7, 11) is 3.85. The summed E-state index contributed by atoms with van der Waals surface area (Å²) >= 11 is 0. The third-order valence-electron chi connectivity index (χ3n) is 6.24. The molecule has 0 N–H and O–H groups in total. The van der Waals surface area contributed by atoms with Gasteiger partial charge in [-0.3, -0.25) is 4.79 Å². The summed E-state index contributed by atoms with van der Waals surface area (Å²) in [6, 6.07) is 16.5. The van der Waals surface area contributed by atoms with E-state index >= 15 is 0 Å². The fraction of sp³-hybridized carbons (Fsp3) is 0.458. The van der Waals surface area contributed by atoms with Crippen molar-refractivity contribution in [3.05, 3.63) is 59.7 Å². The topological polar surface area (TPSA) is 36.0 Å². The third kappa shape index (κ3) is 4.73. The summed E-state index contributed by atoms with van der Waals surface area (Å²) in [4.78, 5) is 19.7. The molecule has 0 aliphatic carbocycles. The number of benzene rings is 2. The first-order chi connectivity index (χ1) is 14.1. The van der Waals surface area contributed by atoms with Crippen LogP contribution in [-0.2, 0) is 6.42 Å². The molecule has 0 aromatic heterocycles. The van der Waals surface area contributed by atoms with Crippen molar-refractivity contribution in [1.82, 2.24) is 9.80 Å². The molecule has 2 aliphatic heterocycles. The molecule has 154 valence electrons. The van der Waals surface area contributed by atoms with Crippen LogP contribution in [-0.4, -0.2) is 69.1 Å². The van der Waals surface area contributed by atoms with Gasteiger partial charge in [0.2, 0.25) is 0 Å². The average molecular weight is 394 g/mol. The minimum absolute atomic E-state index is 0.159. The molecule has 2 aliphatic rings. The lowest BCUT2D eigenvalue weighted by molar-refractivity contribution is 0.0787. The Morgan fingerprint density at radius 1 is 0.966 bits per heavy atom. The first kappa shape index (κ1) is 19.8. The van der Waals surface area contributed by atoms with Gasteiger partial charge in [0.15, 0.2) is 0 Å². The van der Waals surface area contributed by atoms with Crippen LogP contribution >= 0.6 is 0 Å². The molecule has 0 radical (unpaired) electrons. The number of likely N-dealkylation sites (tertiary alicyclic amines) is 1. The lowest BCUT2D eigenvalue weighted by atomic mass is 9.99. The molecule has 2 aromatic carbocycles. The summed E-state index contributed by atoms with van der Waals surface area (Å²) in [5.74, 6) is 1.57. The van der Waals surface area contributed by atoms with Crippen LogP contribution in [0, 0.1) is 5.92 Å². The van der Waals surface area contributed by atoms with Gasteiger partial charge < -0.3 is 19.4 Å². The Balaban J connectivity index is 1.32. The zero-order chi connectivity index (χ0) is 20.2. The molecular formula is C24H31N3O2. The Morgan fingerprint density at radius 2 is 1.66 bits per heavy atom. The van der Waals surface area contributed by atoms with Crippen LogP contribution in [0.5, 0.6) is 5.75 Å². The van der Waals surface area contributed by atoms with Crippen molar-refractivity contribution in [3.63, 3.8) is 0 Å². The van der Waals surface area contributed by atoms with Gasteiger partial charge in [-0.05, 0) is 67.8 Å². The zero-order valence-corrected chi connectivity index (χ0v) is 17.5. The Hall–Kier alpha value is -2.53. The van der Waals surface area contributed by atoms with Gasteiger partial charge in [-0.2, -0.15) is 0 Å². The SMILES string of the molecule is COc1ccc(CC2CCN(C(=O)c3ccc(N4CCN(C)CC4)cc3)C2)cc1. The first-order valence-corrected chi connectivity index (χ1v) is 10.6. The van der Waals surface area contributed by atoms with E-state index in [4.69, 9.17) is 4.74 Å². The molecule has 2 saturated heterocycles. The van der Waals surface area contributed by atoms with E-state index in [1.54, 1.807) is 7.11 Å². The average Bonchev–Trinajstić information content (AvgIpc) is 3.23. The second-order valence-corrected chi connectivity index (χ2v) is 8.30. The fourth-order valence-corrected chi connectivity index (χ4v) is 4.34. The number of carbonyl (C=O) groups is 1. The number of anilines is 1. The predicted octanol–water partition coefficient (Wildman–Crippen LogP) is 3.15. The molecule has 5 nitrogen and oxygen atoms in total. The molecule has 4 rings (SSSR count). The maximum Gasteiger partial charge on any atom is 0.253 e. The number of methoxy groups -OCH3 is 1. The summed E-state index contributed by atoms with van der Waals surface area (Å²) < 4.78 is 5.23. The van der Waals surface area contributed by atoms with Crippen LogP contribution in [0.25, 0.3) is 0 Å². The number of carbonyl (C=O) groups excluding carboxylic acids is 1. The summed E-state index contributed by atoms with van der Waals surface area (Å²) in [6.07, 6.45) is 2.08. The van der Waals surface area contributed by atoms with E-state index < -0.39 is 0 Å². The number of hydrogen-bond acceptors (Lipinski definition) is 4. The molecule has 0 saturated carbocycles. The standard InChI is InChI=1S/C24H31N3O2/c1-25-13-15-26(16-14-25)22-7-5-21(6-8-22)24(28)27-12-11-20(18-27)17-19-3-9-23(29-2)10-4-19/h3-10,20H,11-18H2,1-2H3. The highest BCUT2D eigenvalue weighted by molar-refractivity contribution is 5.94. The Bertz CT molecular complexity index is 811. The highest BCUT2D eigenvalue weighted by Crippen LogP contribution is 2.24. The van der Waals surface area contributed by atoms with Crippen LogP contribution in [0.3, 0.4) is 0 Å². The van der Waals surface area contributed by atoms with E-state index in [0.717, 1.165) is 63.4 Å². The number of likely N-dealkylation sites (N-methyl/N-ethyl adjacent to an activating group) is 1. The van der Waals surface area contributed by atoms with Crippen LogP contribution in [0.15, 0.2) is 48.5 Å². The largest absolute Gasteiger partial charge is 0.497 e. The Kier molecular flexibility index (Phi) is 6.05. The van der Waals surface area contributed by atoms with Crippen LogP contribution < -0.4 is 9.64 Å². The van der Waals surface area contributed by atoms with Crippen LogP contribution in [0.4, 0.5) is 5.69 Å². The van der Waals surface area contributed by atoms with Crippen LogP contribution in [0.1, 0.15) is 22.3 Å². The van der Waals surface area contributed by atoms with Gasteiger partial charge in [-0.25, -0.2) is 0 Å². The van der Waals surface area contributed by atoms with Gasteiger partial charge in [0.05, 0.1) is 7.11 Å². The van der Waals surface area contributed by atoms with E-state index in [-0.39, 0.29) is 5.91 Å². The monoisotopic (exact) mass is 393 g/mol. The molecule has 0 spiro atoms. The smallest absolute Gasteiger partial charge is 0.253 e. The Morgan fingerprint density at radius 3 is 2.31 bits per heavy atom. The maximum atomic E-state index is 12.9. The van der Waals surface area contributed by atoms with Crippen molar-refractivity contribution in [2.45, 2.75) is 12.8 Å². The third-order valence-corrected chi connectivity index (χ3v) is 6.24. The van der Waals surface area contributed by atoms with Gasteiger partial charge in [0.1, 0.15) is 5.75 Å². The first-order valence-electron chi connectivity index (χ1n) is 10.6. The highest BCUT2D eigenvalue weighted by Gasteiger charge is 2.27. The van der Waals surface area contributed by atoms with Gasteiger partial charge in [-0.1, -0.05) is 12.1 Å². The minimum Gasteiger partial charge on any atom is -0.497 e.